The van der Waals surface area contributed by atoms with Crippen LogP contribution in [-0.4, -0.2) is 55.8 Å². The molecular formula is C16H23NO5. The monoisotopic (exact) mass is 309 g/mol. The molecule has 0 radical (unpaired) electrons. The Morgan fingerprint density at radius 2 is 2.05 bits per heavy atom. The van der Waals surface area contributed by atoms with Gasteiger partial charge in [-0.2, -0.15) is 0 Å². The third-order valence-electron chi connectivity index (χ3n) is 3.29. The second-order valence-corrected chi connectivity index (χ2v) is 4.98. The van der Waals surface area contributed by atoms with Gasteiger partial charge in [-0.1, -0.05) is 13.0 Å². The standard InChI is InChI=1S/C16H23NO5/c1-12(16(20)22-3)11-17(8-5-9-18)15(19)13-6-4-7-14(10-13)21-2/h4,6-7,10,12,18H,5,8-9,11H2,1-3H3. The van der Waals surface area contributed by atoms with Crippen molar-refractivity contribution in [3.05, 3.63) is 29.8 Å². The lowest BCUT2D eigenvalue weighted by molar-refractivity contribution is -0.145. The summed E-state index contributed by atoms with van der Waals surface area (Å²) < 4.78 is 9.81. The molecule has 1 atom stereocenters. The van der Waals surface area contributed by atoms with Crippen LogP contribution in [0.4, 0.5) is 0 Å². The Balaban J connectivity index is 2.89. The molecule has 0 saturated heterocycles. The van der Waals surface area contributed by atoms with Crippen molar-refractivity contribution in [2.24, 2.45) is 5.92 Å². The summed E-state index contributed by atoms with van der Waals surface area (Å²) in [6, 6.07) is 6.84. The van der Waals surface area contributed by atoms with Crippen molar-refractivity contribution in [2.75, 3.05) is 33.9 Å². The van der Waals surface area contributed by atoms with Gasteiger partial charge in [0, 0.05) is 25.3 Å². The Labute approximate surface area is 130 Å². The molecular weight excluding hydrogens is 286 g/mol. The van der Waals surface area contributed by atoms with Crippen LogP contribution in [0.3, 0.4) is 0 Å². The van der Waals surface area contributed by atoms with E-state index < -0.39 is 5.92 Å². The molecule has 6 nitrogen and oxygen atoms in total. The lowest BCUT2D eigenvalue weighted by atomic mass is 10.1. The van der Waals surface area contributed by atoms with E-state index in [9.17, 15) is 9.59 Å². The molecule has 1 amide bonds. The number of carbonyl (C=O) groups excluding carboxylic acids is 2. The number of hydrogen-bond acceptors (Lipinski definition) is 5. The highest BCUT2D eigenvalue weighted by atomic mass is 16.5. The topological polar surface area (TPSA) is 76.1 Å². The van der Waals surface area contributed by atoms with Crippen molar-refractivity contribution >= 4 is 11.9 Å². The molecule has 0 fully saturated rings. The summed E-state index contributed by atoms with van der Waals surface area (Å²) in [6.45, 7) is 2.29. The van der Waals surface area contributed by atoms with Crippen molar-refractivity contribution in [3.63, 3.8) is 0 Å². The molecule has 0 aliphatic carbocycles. The zero-order valence-corrected chi connectivity index (χ0v) is 13.2. The maximum Gasteiger partial charge on any atom is 0.310 e. The molecule has 1 aromatic rings. The summed E-state index contributed by atoms with van der Waals surface area (Å²) in [5.41, 5.74) is 0.481. The van der Waals surface area contributed by atoms with Crippen molar-refractivity contribution in [1.29, 1.82) is 0 Å². The van der Waals surface area contributed by atoms with Crippen LogP contribution in [-0.2, 0) is 9.53 Å². The minimum absolute atomic E-state index is 0.0193. The summed E-state index contributed by atoms with van der Waals surface area (Å²) in [5.74, 6) is -0.414. The van der Waals surface area contributed by atoms with Gasteiger partial charge in [0.25, 0.3) is 5.91 Å². The lowest BCUT2D eigenvalue weighted by Gasteiger charge is -2.25. The van der Waals surface area contributed by atoms with Crippen LogP contribution < -0.4 is 4.74 Å². The van der Waals surface area contributed by atoms with E-state index in [2.05, 4.69) is 0 Å². The molecule has 0 heterocycles. The number of aliphatic hydroxyl groups excluding tert-OH is 1. The number of methoxy groups -OCH3 is 2. The fraction of sp³-hybridized carbons (Fsp3) is 0.500. The van der Waals surface area contributed by atoms with Crippen molar-refractivity contribution in [3.8, 4) is 5.75 Å². The molecule has 22 heavy (non-hydrogen) atoms. The van der Waals surface area contributed by atoms with E-state index >= 15 is 0 Å². The number of hydrogen-bond donors (Lipinski definition) is 1. The second kappa shape index (κ2) is 9.04. The van der Waals surface area contributed by atoms with Crippen LogP contribution in [0.25, 0.3) is 0 Å². The Hall–Kier alpha value is -2.08. The first-order chi connectivity index (χ1) is 10.5. The van der Waals surface area contributed by atoms with E-state index in [4.69, 9.17) is 14.6 Å². The maximum absolute atomic E-state index is 12.6. The number of benzene rings is 1. The van der Waals surface area contributed by atoms with Crippen LogP contribution in [0.1, 0.15) is 23.7 Å². The van der Waals surface area contributed by atoms with Crippen molar-refractivity contribution < 1.29 is 24.2 Å². The molecule has 122 valence electrons. The average Bonchev–Trinajstić information content (AvgIpc) is 2.56. The molecule has 0 aliphatic heterocycles. The summed E-state index contributed by atoms with van der Waals surface area (Å²) >= 11 is 0. The zero-order valence-electron chi connectivity index (χ0n) is 13.2. The molecule has 1 unspecified atom stereocenters. The quantitative estimate of drug-likeness (QED) is 0.733. The second-order valence-electron chi connectivity index (χ2n) is 4.98. The predicted molar refractivity (Wildman–Crippen MR) is 81.8 cm³/mol. The molecule has 1 N–H and O–H groups in total. The van der Waals surface area contributed by atoms with Gasteiger partial charge in [0.05, 0.1) is 20.1 Å². The van der Waals surface area contributed by atoms with Gasteiger partial charge in [-0.3, -0.25) is 9.59 Å². The number of ether oxygens (including phenoxy) is 2. The number of nitrogens with zero attached hydrogens (tertiary/aromatic N) is 1. The Bertz CT molecular complexity index is 503. The number of rotatable bonds is 8. The number of esters is 1. The molecule has 1 aromatic carbocycles. The molecule has 0 aromatic heterocycles. The predicted octanol–water partition coefficient (Wildman–Crippen LogP) is 1.33. The molecule has 1 rings (SSSR count). The SMILES string of the molecule is COC(=O)C(C)CN(CCCO)C(=O)c1cccc(OC)c1. The Morgan fingerprint density at radius 3 is 2.64 bits per heavy atom. The molecule has 6 heteroatoms. The molecule has 0 aliphatic rings. The average molecular weight is 309 g/mol. The first-order valence-corrected chi connectivity index (χ1v) is 7.15. The third kappa shape index (κ3) is 5.04. The lowest BCUT2D eigenvalue weighted by Crippen LogP contribution is -2.38. The third-order valence-corrected chi connectivity index (χ3v) is 3.29. The minimum atomic E-state index is -0.432. The van der Waals surface area contributed by atoms with Gasteiger partial charge in [-0.25, -0.2) is 0 Å². The summed E-state index contributed by atoms with van der Waals surface area (Å²) in [6.07, 6.45) is 0.448. The van der Waals surface area contributed by atoms with E-state index in [-0.39, 0.29) is 25.0 Å². The van der Waals surface area contributed by atoms with Crippen LogP contribution >= 0.6 is 0 Å². The van der Waals surface area contributed by atoms with Gasteiger partial charge >= 0.3 is 5.97 Å². The van der Waals surface area contributed by atoms with Gasteiger partial charge in [0.15, 0.2) is 0 Å². The van der Waals surface area contributed by atoms with E-state index in [1.807, 2.05) is 0 Å². The van der Waals surface area contributed by atoms with Crippen molar-refractivity contribution in [1.82, 2.24) is 4.90 Å². The van der Waals surface area contributed by atoms with Gasteiger partial charge < -0.3 is 19.5 Å². The van der Waals surface area contributed by atoms with Gasteiger partial charge in [0.2, 0.25) is 0 Å². The molecule has 0 spiro atoms. The zero-order chi connectivity index (χ0) is 16.5. The maximum atomic E-state index is 12.6. The summed E-state index contributed by atoms with van der Waals surface area (Å²) in [4.78, 5) is 25.7. The first-order valence-electron chi connectivity index (χ1n) is 7.15. The number of carbonyl (C=O) groups is 2. The largest absolute Gasteiger partial charge is 0.497 e. The van der Waals surface area contributed by atoms with Gasteiger partial charge in [-0.05, 0) is 24.6 Å². The molecule has 0 saturated carbocycles. The normalized spacial score (nSPS) is 11.6. The van der Waals surface area contributed by atoms with E-state index in [1.165, 1.54) is 14.2 Å². The summed E-state index contributed by atoms with van der Waals surface area (Å²) in [5, 5.41) is 8.99. The van der Waals surface area contributed by atoms with Crippen molar-refractivity contribution in [2.45, 2.75) is 13.3 Å². The highest BCUT2D eigenvalue weighted by Gasteiger charge is 2.22. The van der Waals surface area contributed by atoms with E-state index in [1.54, 1.807) is 36.1 Å². The van der Waals surface area contributed by atoms with Crippen LogP contribution in [0.2, 0.25) is 0 Å². The fourth-order valence-electron chi connectivity index (χ4n) is 2.08. The smallest absolute Gasteiger partial charge is 0.310 e. The Kier molecular flexibility index (Phi) is 7.39. The number of amides is 1. The first kappa shape index (κ1) is 18.0. The van der Waals surface area contributed by atoms with E-state index in [0.29, 0.717) is 24.3 Å². The van der Waals surface area contributed by atoms with Crippen LogP contribution in [0.5, 0.6) is 5.75 Å². The Morgan fingerprint density at radius 1 is 1.32 bits per heavy atom. The highest BCUT2D eigenvalue weighted by molar-refractivity contribution is 5.94. The molecule has 0 bridgehead atoms. The van der Waals surface area contributed by atoms with Gasteiger partial charge in [-0.15, -0.1) is 0 Å². The number of aliphatic hydroxyl groups is 1. The highest BCUT2D eigenvalue weighted by Crippen LogP contribution is 2.15. The minimum Gasteiger partial charge on any atom is -0.497 e. The van der Waals surface area contributed by atoms with Crippen LogP contribution in [0.15, 0.2) is 24.3 Å². The van der Waals surface area contributed by atoms with E-state index in [0.717, 1.165) is 0 Å². The summed E-state index contributed by atoms with van der Waals surface area (Å²) in [7, 11) is 2.85. The fourth-order valence-corrected chi connectivity index (χ4v) is 2.08. The van der Waals surface area contributed by atoms with Gasteiger partial charge in [0.1, 0.15) is 5.75 Å². The van der Waals surface area contributed by atoms with Crippen LogP contribution in [0, 0.1) is 5.92 Å².